The van der Waals surface area contributed by atoms with Crippen LogP contribution in [0.25, 0.3) is 0 Å². The number of rotatable bonds is 5. The number of imidazole rings is 1. The van der Waals surface area contributed by atoms with Gasteiger partial charge < -0.3 is 19.9 Å². The molecular formula is C18H22N4O3S. The molecule has 2 N–H and O–H groups in total. The third-order valence-electron chi connectivity index (χ3n) is 4.39. The van der Waals surface area contributed by atoms with E-state index in [-0.39, 0.29) is 30.2 Å². The molecule has 1 aliphatic heterocycles. The van der Waals surface area contributed by atoms with Crippen LogP contribution in [-0.4, -0.2) is 62.4 Å². The molecule has 3 rings (SSSR count). The Hall–Kier alpha value is -2.32. The van der Waals surface area contributed by atoms with E-state index < -0.39 is 6.10 Å². The highest BCUT2D eigenvalue weighted by atomic mass is 32.2. The normalized spacial score (nSPS) is 20.0. The summed E-state index contributed by atoms with van der Waals surface area (Å²) in [6.45, 7) is 0.733. The first kappa shape index (κ1) is 18.5. The van der Waals surface area contributed by atoms with Gasteiger partial charge in [0, 0.05) is 38.1 Å². The van der Waals surface area contributed by atoms with Gasteiger partial charge in [0.15, 0.2) is 5.16 Å². The Morgan fingerprint density at radius 1 is 1.35 bits per heavy atom. The molecule has 0 spiro atoms. The molecule has 2 atom stereocenters. The van der Waals surface area contributed by atoms with Gasteiger partial charge in [-0.05, 0) is 18.6 Å². The summed E-state index contributed by atoms with van der Waals surface area (Å²) in [6.07, 6.45) is 3.27. The molecule has 0 aliphatic carbocycles. The first-order valence-electron chi connectivity index (χ1n) is 8.46. The quantitative estimate of drug-likeness (QED) is 0.760. The molecule has 0 radical (unpaired) electrons. The Labute approximate surface area is 156 Å². The third-order valence-corrected chi connectivity index (χ3v) is 5.43. The standard InChI is InChI=1S/C18H22N4O3S/c1-21-10-8-19-18(21)26-12-16(24)22-9-7-14(15(23)11-22)20-17(25)13-5-3-2-4-6-13/h2-6,8,10,14-15,23H,7,9,11-12H2,1H3,(H,20,25)/t14-,15-/m1/s1. The molecule has 1 fully saturated rings. The lowest BCUT2D eigenvalue weighted by Crippen LogP contribution is -2.55. The van der Waals surface area contributed by atoms with Gasteiger partial charge in [0.2, 0.25) is 5.91 Å². The number of piperidine rings is 1. The molecule has 0 bridgehead atoms. The minimum atomic E-state index is -0.779. The molecule has 26 heavy (non-hydrogen) atoms. The van der Waals surface area contributed by atoms with Crippen molar-refractivity contribution in [3.63, 3.8) is 0 Å². The molecule has 8 heteroatoms. The van der Waals surface area contributed by atoms with Crippen LogP contribution in [0.3, 0.4) is 0 Å². The van der Waals surface area contributed by atoms with Crippen LogP contribution in [0.4, 0.5) is 0 Å². The summed E-state index contributed by atoms with van der Waals surface area (Å²) in [4.78, 5) is 30.4. The second kappa shape index (κ2) is 8.37. The molecule has 0 saturated carbocycles. The molecular weight excluding hydrogens is 352 g/mol. The fourth-order valence-corrected chi connectivity index (χ4v) is 3.71. The Bertz CT molecular complexity index is 765. The number of aliphatic hydroxyl groups excluding tert-OH is 1. The van der Waals surface area contributed by atoms with Crippen LogP contribution in [-0.2, 0) is 11.8 Å². The second-order valence-corrected chi connectivity index (χ2v) is 7.19. The van der Waals surface area contributed by atoms with Crippen LogP contribution < -0.4 is 5.32 Å². The lowest BCUT2D eigenvalue weighted by Gasteiger charge is -2.36. The minimum Gasteiger partial charge on any atom is -0.389 e. The number of hydrogen-bond donors (Lipinski definition) is 2. The number of β-amino-alcohol motifs (C(OH)–C–C–N with tert-alkyl or cyclic N) is 1. The molecule has 7 nitrogen and oxygen atoms in total. The number of carbonyl (C=O) groups is 2. The number of aromatic nitrogens is 2. The van der Waals surface area contributed by atoms with Crippen LogP contribution >= 0.6 is 11.8 Å². The van der Waals surface area contributed by atoms with Gasteiger partial charge in [0.05, 0.1) is 17.9 Å². The van der Waals surface area contributed by atoms with E-state index in [9.17, 15) is 14.7 Å². The van der Waals surface area contributed by atoms with Crippen LogP contribution in [0, 0.1) is 0 Å². The lowest BCUT2D eigenvalue weighted by molar-refractivity contribution is -0.131. The Kier molecular flexibility index (Phi) is 5.95. The molecule has 0 unspecified atom stereocenters. The maximum absolute atomic E-state index is 12.4. The van der Waals surface area contributed by atoms with Crippen molar-refractivity contribution in [1.29, 1.82) is 0 Å². The Morgan fingerprint density at radius 3 is 2.77 bits per heavy atom. The summed E-state index contributed by atoms with van der Waals surface area (Å²) in [5.74, 6) is 0.0307. The number of carbonyl (C=O) groups excluding carboxylic acids is 2. The zero-order valence-electron chi connectivity index (χ0n) is 14.5. The summed E-state index contributed by atoms with van der Waals surface area (Å²) in [5.41, 5.74) is 0.560. The topological polar surface area (TPSA) is 87.5 Å². The van der Waals surface area contributed by atoms with Crippen LogP contribution in [0.1, 0.15) is 16.8 Å². The van der Waals surface area contributed by atoms with E-state index in [2.05, 4.69) is 10.3 Å². The second-order valence-electron chi connectivity index (χ2n) is 6.25. The summed E-state index contributed by atoms with van der Waals surface area (Å²) >= 11 is 1.37. The van der Waals surface area contributed by atoms with Crippen molar-refractivity contribution < 1.29 is 14.7 Å². The van der Waals surface area contributed by atoms with E-state index in [4.69, 9.17) is 0 Å². The van der Waals surface area contributed by atoms with Crippen molar-refractivity contribution in [2.45, 2.75) is 23.7 Å². The summed E-state index contributed by atoms with van der Waals surface area (Å²) in [7, 11) is 1.88. The van der Waals surface area contributed by atoms with E-state index >= 15 is 0 Å². The van der Waals surface area contributed by atoms with Gasteiger partial charge in [-0.3, -0.25) is 9.59 Å². The van der Waals surface area contributed by atoms with E-state index in [1.54, 1.807) is 35.4 Å². The van der Waals surface area contributed by atoms with Crippen molar-refractivity contribution in [3.05, 3.63) is 48.3 Å². The highest BCUT2D eigenvalue weighted by molar-refractivity contribution is 7.99. The molecule has 1 aliphatic rings. The minimum absolute atomic E-state index is 0.0371. The maximum Gasteiger partial charge on any atom is 0.251 e. The van der Waals surface area contributed by atoms with Crippen molar-refractivity contribution in [2.75, 3.05) is 18.8 Å². The number of amides is 2. The monoisotopic (exact) mass is 374 g/mol. The smallest absolute Gasteiger partial charge is 0.251 e. The SMILES string of the molecule is Cn1ccnc1SCC(=O)N1CC[C@@H](NC(=O)c2ccccc2)[C@H](O)C1. The van der Waals surface area contributed by atoms with Gasteiger partial charge in [-0.1, -0.05) is 30.0 Å². The number of hydrogen-bond acceptors (Lipinski definition) is 5. The average Bonchev–Trinajstić information content (AvgIpc) is 3.07. The first-order chi connectivity index (χ1) is 12.5. The third kappa shape index (κ3) is 4.44. The first-order valence-corrected chi connectivity index (χ1v) is 9.45. The summed E-state index contributed by atoms with van der Waals surface area (Å²) in [6, 6.07) is 8.55. The van der Waals surface area contributed by atoms with Gasteiger partial charge >= 0.3 is 0 Å². The van der Waals surface area contributed by atoms with E-state index in [0.717, 1.165) is 5.16 Å². The van der Waals surface area contributed by atoms with Crippen molar-refractivity contribution in [3.8, 4) is 0 Å². The number of aliphatic hydroxyl groups is 1. The van der Waals surface area contributed by atoms with E-state index in [0.29, 0.717) is 18.5 Å². The average molecular weight is 374 g/mol. The van der Waals surface area contributed by atoms with E-state index in [1.807, 2.05) is 23.9 Å². The molecule has 2 amide bonds. The number of nitrogens with one attached hydrogen (secondary N) is 1. The molecule has 138 valence electrons. The highest BCUT2D eigenvalue weighted by Crippen LogP contribution is 2.18. The summed E-state index contributed by atoms with van der Waals surface area (Å²) < 4.78 is 1.86. The largest absolute Gasteiger partial charge is 0.389 e. The number of benzene rings is 1. The molecule has 1 saturated heterocycles. The fraction of sp³-hybridized carbons (Fsp3) is 0.389. The summed E-state index contributed by atoms with van der Waals surface area (Å²) in [5, 5.41) is 14.0. The van der Waals surface area contributed by atoms with Crippen molar-refractivity contribution in [1.82, 2.24) is 19.8 Å². The van der Waals surface area contributed by atoms with Crippen molar-refractivity contribution >= 4 is 23.6 Å². The van der Waals surface area contributed by atoms with Gasteiger partial charge in [0.25, 0.3) is 5.91 Å². The zero-order chi connectivity index (χ0) is 18.5. The number of likely N-dealkylation sites (tertiary alicyclic amines) is 1. The molecule has 2 heterocycles. The van der Waals surface area contributed by atoms with Gasteiger partial charge in [-0.25, -0.2) is 4.98 Å². The predicted octanol–water partition coefficient (Wildman–Crippen LogP) is 0.904. The van der Waals surface area contributed by atoms with Crippen LogP contribution in [0.5, 0.6) is 0 Å². The highest BCUT2D eigenvalue weighted by Gasteiger charge is 2.31. The molecule has 2 aromatic rings. The fourth-order valence-electron chi connectivity index (χ4n) is 2.88. The van der Waals surface area contributed by atoms with Crippen molar-refractivity contribution in [2.24, 2.45) is 7.05 Å². The lowest BCUT2D eigenvalue weighted by atomic mass is 10.0. The van der Waals surface area contributed by atoms with Gasteiger partial charge in [0.1, 0.15) is 0 Å². The van der Waals surface area contributed by atoms with Gasteiger partial charge in [-0.2, -0.15) is 0 Å². The van der Waals surface area contributed by atoms with E-state index in [1.165, 1.54) is 11.8 Å². The Balaban J connectivity index is 1.49. The number of nitrogens with zero attached hydrogens (tertiary/aromatic N) is 3. The zero-order valence-corrected chi connectivity index (χ0v) is 15.4. The number of aryl methyl sites for hydroxylation is 1. The van der Waals surface area contributed by atoms with Crippen LogP contribution in [0.15, 0.2) is 47.9 Å². The molecule has 1 aromatic carbocycles. The van der Waals surface area contributed by atoms with Gasteiger partial charge in [-0.15, -0.1) is 0 Å². The van der Waals surface area contributed by atoms with Crippen LogP contribution in [0.2, 0.25) is 0 Å². The Morgan fingerprint density at radius 2 is 2.12 bits per heavy atom. The number of thioether (sulfide) groups is 1. The maximum atomic E-state index is 12.4. The molecule has 1 aromatic heterocycles. The predicted molar refractivity (Wildman–Crippen MR) is 98.8 cm³/mol.